The topological polar surface area (TPSA) is 16.4 Å². The Bertz CT molecular complexity index is 3310. The monoisotopic (exact) mass is 767 g/mol. The summed E-state index contributed by atoms with van der Waals surface area (Å²) in [6.45, 7) is 2.34. The lowest BCUT2D eigenvalue weighted by atomic mass is 9.67. The smallest absolute Gasteiger partial charge is 0.143 e. The van der Waals surface area contributed by atoms with Crippen molar-refractivity contribution in [1.82, 2.24) is 0 Å². The molecular weight excluding hydrogens is 727 g/mol. The van der Waals surface area contributed by atoms with Crippen LogP contribution in [0.5, 0.6) is 0 Å². The standard InChI is InChI=1S/C58H41NO/c1-57(36-12-3-13-37-57)59(46-32-28-44(29-33-46)58(43-14-4-2-5-15-43)52-19-9-6-16-48(52)49-17-7-10-20-53(49)58)45-30-24-39(25-31-45)41-27-34-47-42(38-41)23-22-40-26-35-51-50-18-8-11-21-54(50)60-56(51)55(40)47/h2-36,38H,37H2,1H3. The van der Waals surface area contributed by atoms with Gasteiger partial charge in [-0.25, -0.2) is 0 Å². The third-order valence-electron chi connectivity index (χ3n) is 13.3. The molecule has 1 aromatic heterocycles. The lowest BCUT2D eigenvalue weighted by Crippen LogP contribution is -2.42. The number of fused-ring (bicyclic) bond motifs is 10. The first-order valence-electron chi connectivity index (χ1n) is 21.0. The second-order valence-corrected chi connectivity index (χ2v) is 16.6. The molecule has 284 valence electrons. The first-order valence-corrected chi connectivity index (χ1v) is 21.0. The highest BCUT2D eigenvalue weighted by Gasteiger charge is 2.46. The maximum atomic E-state index is 6.49. The van der Waals surface area contributed by atoms with E-state index in [1.807, 2.05) is 6.07 Å². The average Bonchev–Trinajstić information content (AvgIpc) is 3.84. The summed E-state index contributed by atoms with van der Waals surface area (Å²) in [7, 11) is 0. The van der Waals surface area contributed by atoms with Crippen molar-refractivity contribution in [3.8, 4) is 22.3 Å². The van der Waals surface area contributed by atoms with Crippen LogP contribution in [0, 0.1) is 0 Å². The molecule has 0 aliphatic heterocycles. The van der Waals surface area contributed by atoms with Crippen molar-refractivity contribution in [1.29, 1.82) is 0 Å². The SMILES string of the molecule is CC1(N(c2ccc(-c3ccc4c(ccc5ccc6c7ccccc7oc6c54)c3)cc2)c2ccc(C3(c4ccccc4)c4ccccc4-c4ccccc43)cc2)C=CC=CC1. The maximum Gasteiger partial charge on any atom is 0.143 e. The Labute approximate surface area is 350 Å². The molecule has 60 heavy (non-hydrogen) atoms. The molecule has 9 aromatic carbocycles. The lowest BCUT2D eigenvalue weighted by Gasteiger charge is -2.42. The molecule has 0 spiro atoms. The lowest BCUT2D eigenvalue weighted by molar-refractivity contribution is 0.570. The van der Waals surface area contributed by atoms with Crippen LogP contribution < -0.4 is 4.90 Å². The van der Waals surface area contributed by atoms with Crippen LogP contribution in [0.1, 0.15) is 35.6 Å². The Kier molecular flexibility index (Phi) is 7.68. The first kappa shape index (κ1) is 34.6. The molecule has 0 bridgehead atoms. The molecule has 1 unspecified atom stereocenters. The Morgan fingerprint density at radius 1 is 0.483 bits per heavy atom. The molecule has 2 nitrogen and oxygen atoms in total. The van der Waals surface area contributed by atoms with E-state index in [1.165, 1.54) is 66.1 Å². The van der Waals surface area contributed by atoms with Gasteiger partial charge in [0.1, 0.15) is 11.2 Å². The number of nitrogens with zero attached hydrogens (tertiary/aromatic N) is 1. The number of furan rings is 1. The number of hydrogen-bond acceptors (Lipinski definition) is 2. The van der Waals surface area contributed by atoms with Gasteiger partial charge in [-0.3, -0.25) is 0 Å². The van der Waals surface area contributed by atoms with Gasteiger partial charge in [-0.15, -0.1) is 0 Å². The van der Waals surface area contributed by atoms with E-state index in [2.05, 4.69) is 224 Å². The normalized spacial score (nSPS) is 16.4. The fourth-order valence-corrected chi connectivity index (χ4v) is 10.5. The van der Waals surface area contributed by atoms with Crippen molar-refractivity contribution in [3.05, 3.63) is 241 Å². The summed E-state index contributed by atoms with van der Waals surface area (Å²) >= 11 is 0. The van der Waals surface area contributed by atoms with E-state index in [0.717, 1.165) is 39.7 Å². The Hall–Kier alpha value is -7.42. The van der Waals surface area contributed by atoms with Crippen LogP contribution in [0.3, 0.4) is 0 Å². The molecule has 0 N–H and O–H groups in total. The molecule has 0 fully saturated rings. The fourth-order valence-electron chi connectivity index (χ4n) is 10.5. The molecule has 0 saturated carbocycles. The van der Waals surface area contributed by atoms with E-state index < -0.39 is 5.41 Å². The van der Waals surface area contributed by atoms with Gasteiger partial charge in [0, 0.05) is 27.5 Å². The summed E-state index contributed by atoms with van der Waals surface area (Å²) in [6, 6.07) is 71.5. The highest BCUT2D eigenvalue weighted by molar-refractivity contribution is 6.23. The number of para-hydroxylation sites is 1. The minimum absolute atomic E-state index is 0.256. The van der Waals surface area contributed by atoms with Crippen molar-refractivity contribution in [3.63, 3.8) is 0 Å². The highest BCUT2D eigenvalue weighted by Crippen LogP contribution is 2.56. The van der Waals surface area contributed by atoms with Gasteiger partial charge in [-0.2, -0.15) is 0 Å². The van der Waals surface area contributed by atoms with E-state index in [4.69, 9.17) is 4.42 Å². The summed E-state index contributed by atoms with van der Waals surface area (Å²) in [5, 5.41) is 7.08. The van der Waals surface area contributed by atoms with Crippen molar-refractivity contribution >= 4 is 54.9 Å². The molecule has 1 heterocycles. The third-order valence-corrected chi connectivity index (χ3v) is 13.3. The second-order valence-electron chi connectivity index (χ2n) is 16.6. The number of anilines is 2. The van der Waals surface area contributed by atoms with E-state index in [0.29, 0.717) is 0 Å². The minimum atomic E-state index is -0.430. The van der Waals surface area contributed by atoms with Gasteiger partial charge in [0.25, 0.3) is 0 Å². The van der Waals surface area contributed by atoms with Crippen molar-refractivity contribution in [2.45, 2.75) is 24.3 Å². The Morgan fingerprint density at radius 2 is 1.08 bits per heavy atom. The summed E-state index contributed by atoms with van der Waals surface area (Å²) in [5.74, 6) is 0. The van der Waals surface area contributed by atoms with Crippen molar-refractivity contribution in [2.24, 2.45) is 0 Å². The van der Waals surface area contributed by atoms with E-state index in [1.54, 1.807) is 0 Å². The van der Waals surface area contributed by atoms with Crippen LogP contribution in [0.15, 0.2) is 223 Å². The number of rotatable bonds is 6. The number of hydrogen-bond donors (Lipinski definition) is 0. The van der Waals surface area contributed by atoms with Gasteiger partial charge in [0.15, 0.2) is 0 Å². The molecule has 0 amide bonds. The fraction of sp³-hybridized carbons (Fsp3) is 0.0690. The molecule has 0 radical (unpaired) electrons. The van der Waals surface area contributed by atoms with Gasteiger partial charge in [-0.1, -0.05) is 176 Å². The summed E-state index contributed by atoms with van der Waals surface area (Å²) < 4.78 is 6.49. The molecule has 12 rings (SSSR count). The molecular formula is C58H41NO. The van der Waals surface area contributed by atoms with Crippen LogP contribution >= 0.6 is 0 Å². The first-order chi connectivity index (χ1) is 29.6. The van der Waals surface area contributed by atoms with Gasteiger partial charge in [0.2, 0.25) is 0 Å². The molecule has 0 saturated heterocycles. The summed E-state index contributed by atoms with van der Waals surface area (Å²) in [5.41, 5.74) is 13.7. The third kappa shape index (κ3) is 5.07. The summed E-state index contributed by atoms with van der Waals surface area (Å²) in [6.07, 6.45) is 9.88. The molecule has 2 heteroatoms. The molecule has 2 aliphatic rings. The van der Waals surface area contributed by atoms with Crippen LogP contribution in [-0.2, 0) is 5.41 Å². The van der Waals surface area contributed by atoms with Gasteiger partial charge in [0.05, 0.1) is 11.0 Å². The predicted octanol–water partition coefficient (Wildman–Crippen LogP) is 15.3. The highest BCUT2D eigenvalue weighted by atomic mass is 16.3. The number of benzene rings is 9. The van der Waals surface area contributed by atoms with Crippen LogP contribution in [0.25, 0.3) is 65.7 Å². The van der Waals surface area contributed by atoms with Gasteiger partial charge >= 0.3 is 0 Å². The van der Waals surface area contributed by atoms with Crippen molar-refractivity contribution < 1.29 is 4.42 Å². The summed E-state index contributed by atoms with van der Waals surface area (Å²) in [4.78, 5) is 2.51. The van der Waals surface area contributed by atoms with E-state index >= 15 is 0 Å². The molecule has 2 aliphatic carbocycles. The zero-order valence-corrected chi connectivity index (χ0v) is 33.3. The van der Waals surface area contributed by atoms with E-state index in [-0.39, 0.29) is 5.54 Å². The molecule has 10 aromatic rings. The maximum absolute atomic E-state index is 6.49. The van der Waals surface area contributed by atoms with Crippen molar-refractivity contribution in [2.75, 3.05) is 4.90 Å². The quantitative estimate of drug-likeness (QED) is 0.157. The van der Waals surface area contributed by atoms with Gasteiger partial charge in [-0.05, 0) is 116 Å². The van der Waals surface area contributed by atoms with Crippen LogP contribution in [0.4, 0.5) is 11.4 Å². The Morgan fingerprint density at radius 3 is 1.82 bits per heavy atom. The second kappa shape index (κ2) is 13.3. The van der Waals surface area contributed by atoms with E-state index in [9.17, 15) is 0 Å². The van der Waals surface area contributed by atoms with Crippen LogP contribution in [-0.4, -0.2) is 5.54 Å². The average molecular weight is 768 g/mol. The van der Waals surface area contributed by atoms with Gasteiger partial charge < -0.3 is 9.32 Å². The number of allylic oxidation sites excluding steroid dienone is 2. The van der Waals surface area contributed by atoms with Crippen LogP contribution in [0.2, 0.25) is 0 Å². The largest absolute Gasteiger partial charge is 0.455 e. The zero-order valence-electron chi connectivity index (χ0n) is 33.3. The zero-order chi connectivity index (χ0) is 39.8. The predicted molar refractivity (Wildman–Crippen MR) is 251 cm³/mol. The minimum Gasteiger partial charge on any atom is -0.455 e. The Balaban J connectivity index is 0.945. The molecule has 1 atom stereocenters.